The highest BCUT2D eigenvalue weighted by Gasteiger charge is 2.01. The lowest BCUT2D eigenvalue weighted by atomic mass is 10.2. The molecule has 0 aromatic carbocycles. The van der Waals surface area contributed by atoms with Crippen LogP contribution in [-0.4, -0.2) is 30.0 Å². The van der Waals surface area contributed by atoms with Gasteiger partial charge in [0.25, 0.3) is 0 Å². The molecule has 0 amide bonds. The van der Waals surface area contributed by atoms with Crippen LogP contribution in [0.15, 0.2) is 34.4 Å². The van der Waals surface area contributed by atoms with E-state index in [2.05, 4.69) is 23.8 Å². The molecular weight excluding hydrogens is 270 g/mol. The standard InChI is InChI=1S/C19H31N3/c1-3-5-7-10-14-20-17-19(18-13-9-12-16-21-18)22-15-11-8-6-4-2/h9,12-13,16-17H,3-8,10-11,14-15H2,1-2H3. The average molecular weight is 301 g/mol. The van der Waals surface area contributed by atoms with Gasteiger partial charge >= 0.3 is 0 Å². The normalized spacial score (nSPS) is 12.2. The van der Waals surface area contributed by atoms with Crippen molar-refractivity contribution in [3.8, 4) is 0 Å². The molecule has 3 nitrogen and oxygen atoms in total. The number of unbranched alkanes of at least 4 members (excludes halogenated alkanes) is 6. The molecule has 1 aromatic rings. The summed E-state index contributed by atoms with van der Waals surface area (Å²) in [7, 11) is 0. The fourth-order valence-corrected chi connectivity index (χ4v) is 2.22. The zero-order chi connectivity index (χ0) is 15.9. The largest absolute Gasteiger partial charge is 0.291 e. The van der Waals surface area contributed by atoms with Crippen molar-refractivity contribution >= 4 is 11.9 Å². The van der Waals surface area contributed by atoms with Crippen LogP contribution < -0.4 is 0 Å². The van der Waals surface area contributed by atoms with Crippen molar-refractivity contribution in [1.29, 1.82) is 0 Å². The van der Waals surface area contributed by atoms with E-state index in [1.54, 1.807) is 0 Å². The molecule has 0 bridgehead atoms. The smallest absolute Gasteiger partial charge is 0.101 e. The Hall–Kier alpha value is -1.51. The van der Waals surface area contributed by atoms with E-state index in [1.165, 1.54) is 38.5 Å². The Bertz CT molecular complexity index is 424. The first-order chi connectivity index (χ1) is 10.9. The van der Waals surface area contributed by atoms with E-state index in [4.69, 9.17) is 4.99 Å². The maximum Gasteiger partial charge on any atom is 0.101 e. The lowest BCUT2D eigenvalue weighted by molar-refractivity contribution is 0.674. The minimum atomic E-state index is 0.869. The maximum atomic E-state index is 4.70. The van der Waals surface area contributed by atoms with Crippen molar-refractivity contribution in [3.05, 3.63) is 30.1 Å². The molecular formula is C19H31N3. The van der Waals surface area contributed by atoms with Gasteiger partial charge in [-0.25, -0.2) is 0 Å². The highest BCUT2D eigenvalue weighted by Crippen LogP contribution is 2.02. The minimum absolute atomic E-state index is 0.869. The van der Waals surface area contributed by atoms with Gasteiger partial charge in [-0.3, -0.25) is 15.0 Å². The molecule has 0 aliphatic carbocycles. The first kappa shape index (κ1) is 18.5. The highest BCUT2D eigenvalue weighted by molar-refractivity contribution is 6.37. The van der Waals surface area contributed by atoms with Gasteiger partial charge < -0.3 is 0 Å². The van der Waals surface area contributed by atoms with Crippen molar-refractivity contribution in [3.63, 3.8) is 0 Å². The van der Waals surface area contributed by atoms with Gasteiger partial charge in [-0.15, -0.1) is 0 Å². The number of rotatable bonds is 12. The lowest BCUT2D eigenvalue weighted by Crippen LogP contribution is -2.07. The molecule has 0 aliphatic rings. The van der Waals surface area contributed by atoms with Gasteiger partial charge in [-0.05, 0) is 25.0 Å². The van der Waals surface area contributed by atoms with Crippen LogP contribution in [0, 0.1) is 0 Å². The fourth-order valence-electron chi connectivity index (χ4n) is 2.22. The van der Waals surface area contributed by atoms with Crippen molar-refractivity contribution in [2.45, 2.75) is 65.2 Å². The summed E-state index contributed by atoms with van der Waals surface area (Å²) in [6, 6.07) is 5.95. The molecule has 0 spiro atoms. The van der Waals surface area contributed by atoms with Crippen molar-refractivity contribution in [2.75, 3.05) is 13.1 Å². The Balaban J connectivity index is 2.51. The summed E-state index contributed by atoms with van der Waals surface area (Å²) in [6.07, 6.45) is 13.7. The van der Waals surface area contributed by atoms with E-state index in [1.807, 2.05) is 30.6 Å². The molecule has 1 aromatic heterocycles. The van der Waals surface area contributed by atoms with Gasteiger partial charge in [0.1, 0.15) is 5.71 Å². The molecule has 0 saturated carbocycles. The second-order valence-corrected chi connectivity index (χ2v) is 5.64. The first-order valence-corrected chi connectivity index (χ1v) is 8.84. The van der Waals surface area contributed by atoms with Crippen LogP contribution in [0.25, 0.3) is 0 Å². The molecule has 0 saturated heterocycles. The number of pyridine rings is 1. The van der Waals surface area contributed by atoms with Crippen LogP contribution in [-0.2, 0) is 0 Å². The summed E-state index contributed by atoms with van der Waals surface area (Å²) in [5.41, 5.74) is 1.85. The van der Waals surface area contributed by atoms with E-state index >= 15 is 0 Å². The first-order valence-electron chi connectivity index (χ1n) is 8.84. The van der Waals surface area contributed by atoms with Crippen LogP contribution in [0.3, 0.4) is 0 Å². The predicted octanol–water partition coefficient (Wildman–Crippen LogP) is 5.10. The van der Waals surface area contributed by atoms with Gasteiger partial charge in [0.2, 0.25) is 0 Å². The van der Waals surface area contributed by atoms with E-state index in [0.29, 0.717) is 0 Å². The number of hydrogen-bond acceptors (Lipinski definition) is 3. The Labute approximate surface area is 136 Å². The molecule has 1 rings (SSSR count). The van der Waals surface area contributed by atoms with Crippen LogP contribution >= 0.6 is 0 Å². The molecule has 122 valence electrons. The topological polar surface area (TPSA) is 37.6 Å². The van der Waals surface area contributed by atoms with E-state index in [-0.39, 0.29) is 0 Å². The Morgan fingerprint density at radius 2 is 1.68 bits per heavy atom. The number of nitrogens with zero attached hydrogens (tertiary/aromatic N) is 3. The summed E-state index contributed by atoms with van der Waals surface area (Å²) in [5, 5.41) is 0. The van der Waals surface area contributed by atoms with Crippen molar-refractivity contribution in [2.24, 2.45) is 9.98 Å². The molecule has 22 heavy (non-hydrogen) atoms. The van der Waals surface area contributed by atoms with E-state index < -0.39 is 0 Å². The monoisotopic (exact) mass is 301 g/mol. The second kappa shape index (κ2) is 13.2. The summed E-state index contributed by atoms with van der Waals surface area (Å²) in [4.78, 5) is 13.6. The van der Waals surface area contributed by atoms with E-state index in [9.17, 15) is 0 Å². The van der Waals surface area contributed by atoms with E-state index in [0.717, 1.165) is 37.3 Å². The van der Waals surface area contributed by atoms with Gasteiger partial charge in [0.15, 0.2) is 0 Å². The molecule has 0 N–H and O–H groups in total. The Morgan fingerprint density at radius 3 is 2.32 bits per heavy atom. The average Bonchev–Trinajstić information content (AvgIpc) is 2.56. The Kier molecular flexibility index (Phi) is 11.1. The lowest BCUT2D eigenvalue weighted by Gasteiger charge is -2.02. The van der Waals surface area contributed by atoms with Gasteiger partial charge in [-0.2, -0.15) is 0 Å². The van der Waals surface area contributed by atoms with Crippen LogP contribution in [0.5, 0.6) is 0 Å². The van der Waals surface area contributed by atoms with Crippen LogP contribution in [0.4, 0.5) is 0 Å². The predicted molar refractivity (Wildman–Crippen MR) is 97.3 cm³/mol. The molecule has 0 unspecified atom stereocenters. The number of hydrogen-bond donors (Lipinski definition) is 0. The van der Waals surface area contributed by atoms with Crippen molar-refractivity contribution in [1.82, 2.24) is 4.98 Å². The van der Waals surface area contributed by atoms with Gasteiger partial charge in [-0.1, -0.05) is 58.4 Å². The van der Waals surface area contributed by atoms with Crippen LogP contribution in [0.1, 0.15) is 70.9 Å². The SMILES string of the molecule is CCCCCCN=CC(=NCCCCCC)c1ccccn1. The molecule has 0 fully saturated rings. The fraction of sp³-hybridized carbons (Fsp3) is 0.632. The van der Waals surface area contributed by atoms with Crippen LogP contribution in [0.2, 0.25) is 0 Å². The molecule has 1 heterocycles. The molecule has 0 atom stereocenters. The number of aliphatic imine (C=N–C) groups is 2. The summed E-state index contributed by atoms with van der Waals surface area (Å²) in [6.45, 7) is 6.22. The highest BCUT2D eigenvalue weighted by atomic mass is 14.8. The third-order valence-electron chi connectivity index (χ3n) is 3.58. The Morgan fingerprint density at radius 1 is 0.955 bits per heavy atom. The summed E-state index contributed by atoms with van der Waals surface area (Å²) in [5.74, 6) is 0. The third-order valence-corrected chi connectivity index (χ3v) is 3.58. The minimum Gasteiger partial charge on any atom is -0.291 e. The van der Waals surface area contributed by atoms with Gasteiger partial charge in [0, 0.05) is 25.5 Å². The van der Waals surface area contributed by atoms with Gasteiger partial charge in [0.05, 0.1) is 5.69 Å². The number of aromatic nitrogens is 1. The zero-order valence-corrected chi connectivity index (χ0v) is 14.3. The third kappa shape index (κ3) is 8.71. The quantitative estimate of drug-likeness (QED) is 0.391. The molecule has 3 heteroatoms. The van der Waals surface area contributed by atoms with Crippen molar-refractivity contribution < 1.29 is 0 Å². The maximum absolute atomic E-state index is 4.70. The summed E-state index contributed by atoms with van der Waals surface area (Å²) >= 11 is 0. The molecule has 0 aliphatic heterocycles. The summed E-state index contributed by atoms with van der Waals surface area (Å²) < 4.78 is 0. The second-order valence-electron chi connectivity index (χ2n) is 5.64. The zero-order valence-electron chi connectivity index (χ0n) is 14.3. The molecule has 0 radical (unpaired) electrons.